The number of hydrogen-bond acceptors (Lipinski definition) is 3. The van der Waals surface area contributed by atoms with E-state index in [1.54, 1.807) is 0 Å². The van der Waals surface area contributed by atoms with Crippen LogP contribution < -0.4 is 5.32 Å². The largest absolute Gasteiger partial charge is 0.381 e. The lowest BCUT2D eigenvalue weighted by Gasteiger charge is -2.36. The number of amides is 2. The Bertz CT molecular complexity index is 842. The normalized spacial score (nSPS) is 18.6. The number of ether oxygens (including phenoxy) is 1. The zero-order chi connectivity index (χ0) is 20.1. The first-order valence-electron chi connectivity index (χ1n) is 10.4. The van der Waals surface area contributed by atoms with Gasteiger partial charge in [-0.2, -0.15) is 0 Å². The Labute approximate surface area is 172 Å². The minimum Gasteiger partial charge on any atom is -0.381 e. The third kappa shape index (κ3) is 4.35. The molecule has 0 atom stereocenters. The molecule has 152 valence electrons. The molecule has 5 nitrogen and oxygen atoms in total. The van der Waals surface area contributed by atoms with Gasteiger partial charge in [0.05, 0.1) is 5.41 Å². The van der Waals surface area contributed by atoms with Crippen LogP contribution >= 0.6 is 0 Å². The average molecular weight is 392 g/mol. The Morgan fingerprint density at radius 2 is 1.69 bits per heavy atom. The topological polar surface area (TPSA) is 58.6 Å². The van der Waals surface area contributed by atoms with Gasteiger partial charge in [0.15, 0.2) is 0 Å². The van der Waals surface area contributed by atoms with Crippen LogP contribution in [0.2, 0.25) is 0 Å². The van der Waals surface area contributed by atoms with E-state index in [1.807, 2.05) is 47.4 Å². The van der Waals surface area contributed by atoms with E-state index >= 15 is 0 Å². The molecule has 0 spiro atoms. The van der Waals surface area contributed by atoms with E-state index in [0.717, 1.165) is 29.7 Å². The molecule has 1 N–H and O–H groups in total. The van der Waals surface area contributed by atoms with Crippen LogP contribution in [0, 0.1) is 0 Å². The van der Waals surface area contributed by atoms with Gasteiger partial charge in [-0.15, -0.1) is 0 Å². The number of benzene rings is 2. The van der Waals surface area contributed by atoms with Crippen LogP contribution in [0.1, 0.15) is 42.4 Å². The van der Waals surface area contributed by atoms with E-state index in [9.17, 15) is 9.59 Å². The maximum atomic E-state index is 13.2. The van der Waals surface area contributed by atoms with Crippen molar-refractivity contribution in [2.24, 2.45) is 0 Å². The van der Waals surface area contributed by atoms with Gasteiger partial charge >= 0.3 is 0 Å². The van der Waals surface area contributed by atoms with Crippen LogP contribution in [-0.2, 0) is 32.8 Å². The number of likely N-dealkylation sites (tertiary alicyclic amines) is 1. The van der Waals surface area contributed by atoms with Crippen molar-refractivity contribution < 1.29 is 14.3 Å². The van der Waals surface area contributed by atoms with Crippen molar-refractivity contribution in [3.63, 3.8) is 0 Å². The third-order valence-corrected chi connectivity index (χ3v) is 6.13. The minimum absolute atomic E-state index is 0.0683. The van der Waals surface area contributed by atoms with Gasteiger partial charge in [-0.25, -0.2) is 0 Å². The highest BCUT2D eigenvalue weighted by atomic mass is 16.5. The zero-order valence-corrected chi connectivity index (χ0v) is 16.7. The van der Waals surface area contributed by atoms with Crippen molar-refractivity contribution >= 4 is 11.8 Å². The van der Waals surface area contributed by atoms with Gasteiger partial charge in [0.1, 0.15) is 0 Å². The van der Waals surface area contributed by atoms with Gasteiger partial charge < -0.3 is 15.0 Å². The van der Waals surface area contributed by atoms with E-state index in [-0.39, 0.29) is 11.8 Å². The number of hydrogen-bond donors (Lipinski definition) is 1. The Hall–Kier alpha value is -2.66. The second kappa shape index (κ2) is 8.78. The maximum absolute atomic E-state index is 13.2. The summed E-state index contributed by atoms with van der Waals surface area (Å²) in [4.78, 5) is 26.9. The first-order valence-corrected chi connectivity index (χ1v) is 10.4. The van der Waals surface area contributed by atoms with Crippen molar-refractivity contribution in [3.05, 3.63) is 71.3 Å². The van der Waals surface area contributed by atoms with Crippen molar-refractivity contribution in [3.8, 4) is 0 Å². The van der Waals surface area contributed by atoms with Gasteiger partial charge in [-0.1, -0.05) is 54.6 Å². The van der Waals surface area contributed by atoms with Gasteiger partial charge in [0.2, 0.25) is 11.8 Å². The van der Waals surface area contributed by atoms with Crippen LogP contribution in [0.3, 0.4) is 0 Å². The predicted octanol–water partition coefficient (Wildman–Crippen LogP) is 3.17. The van der Waals surface area contributed by atoms with Crippen LogP contribution in [0.5, 0.6) is 0 Å². The first-order chi connectivity index (χ1) is 14.2. The van der Waals surface area contributed by atoms with E-state index in [1.165, 1.54) is 0 Å². The molecule has 0 radical (unpaired) electrons. The Balaban J connectivity index is 1.39. The Morgan fingerprint density at radius 1 is 1.00 bits per heavy atom. The summed E-state index contributed by atoms with van der Waals surface area (Å²) in [6.07, 6.45) is 3.02. The van der Waals surface area contributed by atoms with Crippen LogP contribution in [-0.4, -0.2) is 36.5 Å². The molecule has 29 heavy (non-hydrogen) atoms. The van der Waals surface area contributed by atoms with Gasteiger partial charge in [0.25, 0.3) is 0 Å². The molecule has 2 aromatic carbocycles. The van der Waals surface area contributed by atoms with Gasteiger partial charge in [-0.05, 0) is 36.0 Å². The quantitative estimate of drug-likeness (QED) is 0.822. The molecular formula is C24H28N2O3. The molecule has 2 fully saturated rings. The molecule has 0 unspecified atom stereocenters. The van der Waals surface area contributed by atoms with Crippen molar-refractivity contribution in [2.75, 3.05) is 19.8 Å². The molecule has 0 aromatic heterocycles. The monoisotopic (exact) mass is 392 g/mol. The average Bonchev–Trinajstić information content (AvgIpc) is 3.18. The first kappa shape index (κ1) is 19.6. The van der Waals surface area contributed by atoms with Crippen molar-refractivity contribution in [2.45, 2.75) is 44.2 Å². The number of carbonyl (C=O) groups excluding carboxylic acids is 2. The predicted molar refractivity (Wildman–Crippen MR) is 111 cm³/mol. The Morgan fingerprint density at radius 3 is 2.34 bits per heavy atom. The molecule has 2 aromatic rings. The molecule has 0 bridgehead atoms. The lowest BCUT2D eigenvalue weighted by Crippen LogP contribution is -2.47. The smallest absolute Gasteiger partial charge is 0.231 e. The van der Waals surface area contributed by atoms with E-state index in [4.69, 9.17) is 4.74 Å². The molecular weight excluding hydrogens is 364 g/mol. The molecule has 2 amide bonds. The van der Waals surface area contributed by atoms with E-state index < -0.39 is 5.41 Å². The number of nitrogens with zero attached hydrogens (tertiary/aromatic N) is 1. The fourth-order valence-electron chi connectivity index (χ4n) is 4.33. The number of nitrogens with one attached hydrogen (secondary N) is 1. The molecule has 5 heteroatoms. The highest BCUT2D eigenvalue weighted by molar-refractivity contribution is 5.88. The minimum atomic E-state index is -0.518. The van der Waals surface area contributed by atoms with Gasteiger partial charge in [-0.3, -0.25) is 9.59 Å². The van der Waals surface area contributed by atoms with E-state index in [0.29, 0.717) is 45.6 Å². The standard InChI is InChI=1S/C24H28N2O3/c27-22-7-4-14-26(22)18-20-10-8-19(9-11-20)17-25-23(28)24(12-15-29-16-13-24)21-5-2-1-3-6-21/h1-3,5-6,8-11H,4,7,12-18H2,(H,25,28). The second-order valence-electron chi connectivity index (χ2n) is 7.98. The second-order valence-corrected chi connectivity index (χ2v) is 7.98. The summed E-state index contributed by atoms with van der Waals surface area (Å²) >= 11 is 0. The number of carbonyl (C=O) groups is 2. The summed E-state index contributed by atoms with van der Waals surface area (Å²) in [6, 6.07) is 18.2. The zero-order valence-electron chi connectivity index (χ0n) is 16.7. The van der Waals surface area contributed by atoms with Crippen molar-refractivity contribution in [1.82, 2.24) is 10.2 Å². The van der Waals surface area contributed by atoms with Gasteiger partial charge in [0, 0.05) is 39.3 Å². The van der Waals surface area contributed by atoms with Crippen LogP contribution in [0.25, 0.3) is 0 Å². The summed E-state index contributed by atoms with van der Waals surface area (Å²) in [7, 11) is 0. The summed E-state index contributed by atoms with van der Waals surface area (Å²) < 4.78 is 5.53. The van der Waals surface area contributed by atoms with E-state index in [2.05, 4.69) is 17.4 Å². The van der Waals surface area contributed by atoms with Crippen molar-refractivity contribution in [1.29, 1.82) is 0 Å². The Kier molecular flexibility index (Phi) is 5.95. The summed E-state index contributed by atoms with van der Waals surface area (Å²) in [5.41, 5.74) is 2.73. The molecule has 2 aliphatic rings. The molecule has 0 aliphatic carbocycles. The molecule has 4 rings (SSSR count). The highest BCUT2D eigenvalue weighted by Crippen LogP contribution is 2.35. The molecule has 2 saturated heterocycles. The molecule has 0 saturated carbocycles. The van der Waals surface area contributed by atoms with Crippen LogP contribution in [0.15, 0.2) is 54.6 Å². The summed E-state index contributed by atoms with van der Waals surface area (Å²) in [6.45, 7) is 3.22. The maximum Gasteiger partial charge on any atom is 0.231 e. The van der Waals surface area contributed by atoms with Crippen LogP contribution in [0.4, 0.5) is 0 Å². The molecule has 2 heterocycles. The third-order valence-electron chi connectivity index (χ3n) is 6.13. The number of rotatable bonds is 6. The summed E-state index contributed by atoms with van der Waals surface area (Å²) in [5.74, 6) is 0.308. The summed E-state index contributed by atoms with van der Waals surface area (Å²) in [5, 5.41) is 3.15. The SMILES string of the molecule is O=C1CCCN1Cc1ccc(CNC(=O)C2(c3ccccc3)CCOCC2)cc1. The highest BCUT2D eigenvalue weighted by Gasteiger charge is 2.41. The fraction of sp³-hybridized carbons (Fsp3) is 0.417. The lowest BCUT2D eigenvalue weighted by molar-refractivity contribution is -0.130. The lowest BCUT2D eigenvalue weighted by atomic mass is 9.73. The fourth-order valence-corrected chi connectivity index (χ4v) is 4.33. The molecule has 2 aliphatic heterocycles.